The monoisotopic (exact) mass is 244 g/mol. The minimum absolute atomic E-state index is 0.143. The van der Waals surface area contributed by atoms with Gasteiger partial charge in [0.2, 0.25) is 0 Å². The van der Waals surface area contributed by atoms with Crippen LogP contribution in [0.25, 0.3) is 0 Å². The lowest BCUT2D eigenvalue weighted by atomic mass is 9.60. The fourth-order valence-electron chi connectivity index (χ4n) is 5.25. The Kier molecular flexibility index (Phi) is 1.42. The summed E-state index contributed by atoms with van der Waals surface area (Å²) < 4.78 is 12.7. The highest BCUT2D eigenvalue weighted by molar-refractivity contribution is 5.42. The molecule has 0 unspecified atom stereocenters. The van der Waals surface area contributed by atoms with Crippen LogP contribution in [-0.2, 0) is 9.47 Å². The highest BCUT2D eigenvalue weighted by Gasteiger charge is 2.86. The molecule has 5 aliphatic rings. The molecule has 0 spiro atoms. The van der Waals surface area contributed by atoms with Crippen LogP contribution in [0.1, 0.15) is 52.4 Å². The third kappa shape index (κ3) is 0.905. The van der Waals surface area contributed by atoms with Crippen molar-refractivity contribution in [3.05, 3.63) is 23.3 Å². The van der Waals surface area contributed by atoms with Crippen molar-refractivity contribution in [3.8, 4) is 0 Å². The van der Waals surface area contributed by atoms with Crippen molar-refractivity contribution in [2.45, 2.75) is 74.8 Å². The van der Waals surface area contributed by atoms with E-state index in [2.05, 4.69) is 26.0 Å². The molecule has 2 aliphatic heterocycles. The van der Waals surface area contributed by atoms with Crippen LogP contribution in [0.3, 0.4) is 0 Å². The Hall–Kier alpha value is -0.600. The second-order valence-corrected chi connectivity index (χ2v) is 7.40. The van der Waals surface area contributed by atoms with Crippen molar-refractivity contribution < 1.29 is 9.47 Å². The van der Waals surface area contributed by atoms with Crippen molar-refractivity contribution in [1.82, 2.24) is 0 Å². The molecular formula is C16H20O2. The van der Waals surface area contributed by atoms with Crippen LogP contribution < -0.4 is 0 Å². The molecule has 2 saturated heterocycles. The van der Waals surface area contributed by atoms with E-state index in [0.29, 0.717) is 0 Å². The summed E-state index contributed by atoms with van der Waals surface area (Å²) in [5.74, 6) is 0. The van der Waals surface area contributed by atoms with E-state index in [1.165, 1.54) is 11.1 Å². The second kappa shape index (κ2) is 2.51. The quantitative estimate of drug-likeness (QED) is 0.482. The van der Waals surface area contributed by atoms with Gasteiger partial charge in [0.1, 0.15) is 22.4 Å². The van der Waals surface area contributed by atoms with Gasteiger partial charge in [-0.2, -0.15) is 0 Å². The topological polar surface area (TPSA) is 25.1 Å². The SMILES string of the molecule is CC1=CC[C@]23C[C@@]45CC(C)=CC[C@@]4(C[C@@]2(C1)O3)O5. The van der Waals surface area contributed by atoms with Gasteiger partial charge in [-0.15, -0.1) is 0 Å². The third-order valence-corrected chi connectivity index (χ3v) is 6.19. The lowest BCUT2D eigenvalue weighted by molar-refractivity contribution is 0.180. The lowest BCUT2D eigenvalue weighted by Gasteiger charge is -2.36. The normalized spacial score (nSPS) is 59.4. The third-order valence-electron chi connectivity index (χ3n) is 6.19. The van der Waals surface area contributed by atoms with Crippen molar-refractivity contribution >= 4 is 0 Å². The number of epoxide rings is 2. The Bertz CT molecular complexity index is 485. The molecular weight excluding hydrogens is 224 g/mol. The van der Waals surface area contributed by atoms with E-state index in [4.69, 9.17) is 9.47 Å². The zero-order valence-corrected chi connectivity index (χ0v) is 11.2. The predicted octanol–water partition coefficient (Wildman–Crippen LogP) is 3.28. The van der Waals surface area contributed by atoms with Crippen molar-refractivity contribution in [3.63, 3.8) is 0 Å². The van der Waals surface area contributed by atoms with E-state index >= 15 is 0 Å². The average Bonchev–Trinajstić information content (AvgIpc) is 3.10. The molecule has 0 aromatic rings. The lowest BCUT2D eigenvalue weighted by Crippen LogP contribution is -2.46. The van der Waals surface area contributed by atoms with Gasteiger partial charge in [0.05, 0.1) is 0 Å². The number of ether oxygens (including phenoxy) is 2. The Morgan fingerprint density at radius 3 is 1.67 bits per heavy atom. The summed E-state index contributed by atoms with van der Waals surface area (Å²) in [6.07, 6.45) is 11.6. The first-order valence-electron chi connectivity index (χ1n) is 7.25. The fraction of sp³-hybridized carbons (Fsp3) is 0.750. The molecule has 2 nitrogen and oxygen atoms in total. The summed E-state index contributed by atoms with van der Waals surface area (Å²) in [6.45, 7) is 4.50. The van der Waals surface area contributed by atoms with Crippen LogP contribution in [0.4, 0.5) is 0 Å². The Morgan fingerprint density at radius 2 is 1.22 bits per heavy atom. The van der Waals surface area contributed by atoms with Gasteiger partial charge in [-0.3, -0.25) is 0 Å². The van der Waals surface area contributed by atoms with Crippen LogP contribution in [0.5, 0.6) is 0 Å². The molecule has 0 radical (unpaired) electrons. The number of rotatable bonds is 0. The molecule has 2 heteroatoms. The fourth-order valence-corrected chi connectivity index (χ4v) is 5.25. The van der Waals surface area contributed by atoms with Crippen molar-refractivity contribution in [2.24, 2.45) is 0 Å². The standard InChI is InChI=1S/C16H20O2/c1-11-3-5-13-10-16-8-12(2)4-6-14(16,18-16)9-15(13,7-11)17-13/h3-4H,5-10H2,1-2H3/t13-,14-,15-,16+/m0/s1. The Morgan fingerprint density at radius 1 is 0.778 bits per heavy atom. The van der Waals surface area contributed by atoms with E-state index in [0.717, 1.165) is 38.5 Å². The van der Waals surface area contributed by atoms with Crippen LogP contribution in [0, 0.1) is 0 Å². The molecule has 0 aromatic carbocycles. The summed E-state index contributed by atoms with van der Waals surface area (Å²) in [5.41, 5.74) is 3.59. The van der Waals surface area contributed by atoms with Gasteiger partial charge < -0.3 is 9.47 Å². The molecule has 0 aromatic heterocycles. The van der Waals surface area contributed by atoms with E-state index in [-0.39, 0.29) is 22.4 Å². The summed E-state index contributed by atoms with van der Waals surface area (Å²) in [5, 5.41) is 0. The zero-order valence-electron chi connectivity index (χ0n) is 11.2. The van der Waals surface area contributed by atoms with Gasteiger partial charge in [0, 0.05) is 25.7 Å². The molecule has 0 amide bonds. The summed E-state index contributed by atoms with van der Waals surface area (Å²) in [7, 11) is 0. The molecule has 2 heterocycles. The largest absolute Gasteiger partial charge is 0.362 e. The maximum atomic E-state index is 6.35. The average molecular weight is 244 g/mol. The number of hydrogen-bond acceptors (Lipinski definition) is 2. The maximum absolute atomic E-state index is 6.35. The maximum Gasteiger partial charge on any atom is 0.105 e. The molecule has 3 aliphatic carbocycles. The molecule has 5 rings (SSSR count). The van der Waals surface area contributed by atoms with Crippen LogP contribution >= 0.6 is 0 Å². The van der Waals surface area contributed by atoms with Gasteiger partial charge >= 0.3 is 0 Å². The van der Waals surface area contributed by atoms with Crippen LogP contribution in [0.2, 0.25) is 0 Å². The summed E-state index contributed by atoms with van der Waals surface area (Å²) in [6, 6.07) is 0. The first-order chi connectivity index (χ1) is 8.53. The van der Waals surface area contributed by atoms with Gasteiger partial charge in [0.15, 0.2) is 0 Å². The van der Waals surface area contributed by atoms with Gasteiger partial charge in [-0.25, -0.2) is 0 Å². The van der Waals surface area contributed by atoms with E-state index in [9.17, 15) is 0 Å². The predicted molar refractivity (Wildman–Crippen MR) is 68.3 cm³/mol. The van der Waals surface area contributed by atoms with E-state index in [1.807, 2.05) is 0 Å². The molecule has 96 valence electrons. The first-order valence-corrected chi connectivity index (χ1v) is 7.25. The van der Waals surface area contributed by atoms with Gasteiger partial charge in [-0.05, 0) is 26.7 Å². The number of hydrogen-bond donors (Lipinski definition) is 0. The Labute approximate surface area is 108 Å². The molecule has 3 fully saturated rings. The smallest absolute Gasteiger partial charge is 0.105 e. The van der Waals surface area contributed by atoms with Crippen LogP contribution in [-0.4, -0.2) is 22.4 Å². The molecule has 18 heavy (non-hydrogen) atoms. The summed E-state index contributed by atoms with van der Waals surface area (Å²) in [4.78, 5) is 0. The first kappa shape index (κ1) is 10.2. The van der Waals surface area contributed by atoms with Crippen molar-refractivity contribution in [2.75, 3.05) is 0 Å². The van der Waals surface area contributed by atoms with Gasteiger partial charge in [-0.1, -0.05) is 23.3 Å². The molecule has 4 atom stereocenters. The zero-order chi connectivity index (χ0) is 12.2. The van der Waals surface area contributed by atoms with Gasteiger partial charge in [0.25, 0.3) is 0 Å². The van der Waals surface area contributed by atoms with Crippen molar-refractivity contribution in [1.29, 1.82) is 0 Å². The van der Waals surface area contributed by atoms with E-state index in [1.54, 1.807) is 0 Å². The second-order valence-electron chi connectivity index (χ2n) is 7.40. The van der Waals surface area contributed by atoms with E-state index < -0.39 is 0 Å². The molecule has 0 N–H and O–H groups in total. The van der Waals surface area contributed by atoms with Crippen LogP contribution in [0.15, 0.2) is 23.3 Å². The Balaban J connectivity index is 1.57. The molecule has 0 bridgehead atoms. The summed E-state index contributed by atoms with van der Waals surface area (Å²) >= 11 is 0. The minimum Gasteiger partial charge on any atom is -0.362 e. The highest BCUT2D eigenvalue weighted by Crippen LogP contribution is 2.77. The highest BCUT2D eigenvalue weighted by atomic mass is 16.7. The minimum atomic E-state index is 0.143. The molecule has 1 saturated carbocycles.